The monoisotopic (exact) mass is 332 g/mol. The zero-order valence-corrected chi connectivity index (χ0v) is 13.7. The Morgan fingerprint density at radius 2 is 2.10 bits per heavy atom. The van der Waals surface area contributed by atoms with Crippen LogP contribution < -0.4 is 10.5 Å². The standard InChI is InChI=1S/C13H20N2O2S3/c14-13(18)11-7-8-12(19-11)20(16,17)15-9-3-6-10-4-1-2-5-10/h7-8,10,15H,1-6,9H2,(H2,14,18). The third-order valence-electron chi connectivity index (χ3n) is 3.65. The van der Waals surface area contributed by atoms with Gasteiger partial charge in [0.1, 0.15) is 9.20 Å². The van der Waals surface area contributed by atoms with Crippen molar-refractivity contribution in [2.45, 2.75) is 42.7 Å². The van der Waals surface area contributed by atoms with Crippen LogP contribution in [0.4, 0.5) is 0 Å². The summed E-state index contributed by atoms with van der Waals surface area (Å²) in [6, 6.07) is 3.21. The maximum Gasteiger partial charge on any atom is 0.250 e. The first kappa shape index (κ1) is 15.9. The highest BCUT2D eigenvalue weighted by Crippen LogP contribution is 2.28. The first-order valence-corrected chi connectivity index (χ1v) is 9.59. The lowest BCUT2D eigenvalue weighted by atomic mass is 10.0. The van der Waals surface area contributed by atoms with Gasteiger partial charge in [0.25, 0.3) is 0 Å². The van der Waals surface area contributed by atoms with Crippen LogP contribution in [-0.2, 0) is 10.0 Å². The molecular formula is C13H20N2O2S3. The molecule has 0 unspecified atom stereocenters. The molecule has 112 valence electrons. The van der Waals surface area contributed by atoms with Gasteiger partial charge in [-0.2, -0.15) is 0 Å². The van der Waals surface area contributed by atoms with E-state index in [0.717, 1.165) is 30.1 Å². The van der Waals surface area contributed by atoms with Gasteiger partial charge in [-0.05, 0) is 30.9 Å². The van der Waals surface area contributed by atoms with Gasteiger partial charge < -0.3 is 5.73 Å². The first-order chi connectivity index (χ1) is 9.49. The topological polar surface area (TPSA) is 72.2 Å². The predicted octanol–water partition coefficient (Wildman–Crippen LogP) is 2.63. The van der Waals surface area contributed by atoms with Crippen molar-refractivity contribution in [2.75, 3.05) is 6.54 Å². The molecule has 1 aromatic heterocycles. The summed E-state index contributed by atoms with van der Waals surface area (Å²) >= 11 is 5.95. The summed E-state index contributed by atoms with van der Waals surface area (Å²) < 4.78 is 27.1. The highest BCUT2D eigenvalue weighted by atomic mass is 32.2. The van der Waals surface area contributed by atoms with E-state index in [4.69, 9.17) is 18.0 Å². The lowest BCUT2D eigenvalue weighted by molar-refractivity contribution is 0.480. The minimum Gasteiger partial charge on any atom is -0.389 e. The Balaban J connectivity index is 1.82. The molecule has 0 amide bonds. The first-order valence-electron chi connectivity index (χ1n) is 6.88. The molecule has 3 N–H and O–H groups in total. The molecular weight excluding hydrogens is 312 g/mol. The molecule has 1 aliphatic rings. The van der Waals surface area contributed by atoms with Crippen molar-refractivity contribution >= 4 is 38.6 Å². The maximum absolute atomic E-state index is 12.1. The molecule has 2 rings (SSSR count). The summed E-state index contributed by atoms with van der Waals surface area (Å²) in [6.45, 7) is 0.499. The van der Waals surface area contributed by atoms with E-state index in [9.17, 15) is 8.42 Å². The number of rotatable bonds is 7. The summed E-state index contributed by atoms with van der Waals surface area (Å²) in [5.74, 6) is 0.794. The third-order valence-corrected chi connectivity index (χ3v) is 7.07. The minimum atomic E-state index is -3.42. The van der Waals surface area contributed by atoms with E-state index in [1.165, 1.54) is 25.7 Å². The van der Waals surface area contributed by atoms with E-state index in [0.29, 0.717) is 11.4 Å². The molecule has 1 saturated carbocycles. The van der Waals surface area contributed by atoms with E-state index in [1.807, 2.05) is 0 Å². The van der Waals surface area contributed by atoms with Gasteiger partial charge in [0, 0.05) is 6.54 Å². The summed E-state index contributed by atoms with van der Waals surface area (Å²) in [5.41, 5.74) is 5.49. The molecule has 0 radical (unpaired) electrons. The second-order valence-electron chi connectivity index (χ2n) is 5.17. The molecule has 0 saturated heterocycles. The van der Waals surface area contributed by atoms with Gasteiger partial charge in [-0.15, -0.1) is 11.3 Å². The number of thiophene rings is 1. The van der Waals surface area contributed by atoms with Gasteiger partial charge in [-0.25, -0.2) is 13.1 Å². The number of sulfonamides is 1. The van der Waals surface area contributed by atoms with E-state index in [2.05, 4.69) is 4.72 Å². The fraction of sp³-hybridized carbons (Fsp3) is 0.615. The normalized spacial score (nSPS) is 16.6. The molecule has 1 heterocycles. The van der Waals surface area contributed by atoms with Crippen molar-refractivity contribution in [1.82, 2.24) is 4.72 Å². The fourth-order valence-electron chi connectivity index (χ4n) is 2.56. The molecule has 20 heavy (non-hydrogen) atoms. The third kappa shape index (κ3) is 4.25. The van der Waals surface area contributed by atoms with Crippen molar-refractivity contribution < 1.29 is 8.42 Å². The van der Waals surface area contributed by atoms with Gasteiger partial charge >= 0.3 is 0 Å². The molecule has 0 atom stereocenters. The van der Waals surface area contributed by atoms with Gasteiger partial charge in [-0.1, -0.05) is 37.9 Å². The van der Waals surface area contributed by atoms with E-state index in [-0.39, 0.29) is 9.20 Å². The predicted molar refractivity (Wildman–Crippen MR) is 86.6 cm³/mol. The molecule has 0 bridgehead atoms. The Morgan fingerprint density at radius 1 is 1.40 bits per heavy atom. The molecule has 1 aromatic rings. The Labute approximate surface area is 129 Å². The largest absolute Gasteiger partial charge is 0.389 e. The smallest absolute Gasteiger partial charge is 0.250 e. The van der Waals surface area contributed by atoms with Crippen molar-refractivity contribution in [1.29, 1.82) is 0 Å². The molecule has 4 nitrogen and oxygen atoms in total. The van der Waals surface area contributed by atoms with Crippen LogP contribution >= 0.6 is 23.6 Å². The fourth-order valence-corrected chi connectivity index (χ4v) is 5.03. The van der Waals surface area contributed by atoms with Crippen LogP contribution in [-0.4, -0.2) is 20.0 Å². The average molecular weight is 333 g/mol. The molecule has 1 fully saturated rings. The Hall–Kier alpha value is -0.500. The van der Waals surface area contributed by atoms with Crippen LogP contribution in [0.15, 0.2) is 16.3 Å². The van der Waals surface area contributed by atoms with Crippen LogP contribution in [0.3, 0.4) is 0 Å². The Kier molecular flexibility index (Phi) is 5.54. The number of hydrogen-bond donors (Lipinski definition) is 2. The second-order valence-corrected chi connectivity index (χ2v) is 8.69. The summed E-state index contributed by atoms with van der Waals surface area (Å²) in [4.78, 5) is 0.865. The second kappa shape index (κ2) is 6.98. The molecule has 0 aliphatic heterocycles. The van der Waals surface area contributed by atoms with Crippen LogP contribution in [0.25, 0.3) is 0 Å². The van der Waals surface area contributed by atoms with Crippen molar-refractivity contribution in [3.63, 3.8) is 0 Å². The number of thiocarbonyl (C=S) groups is 1. The molecule has 7 heteroatoms. The molecule has 1 aliphatic carbocycles. The van der Waals surface area contributed by atoms with Crippen molar-refractivity contribution in [2.24, 2.45) is 11.7 Å². The summed E-state index contributed by atoms with van der Waals surface area (Å²) in [7, 11) is -3.42. The highest BCUT2D eigenvalue weighted by molar-refractivity contribution is 7.91. The molecule has 0 spiro atoms. The van der Waals surface area contributed by atoms with Gasteiger partial charge in [-0.3, -0.25) is 0 Å². The van der Waals surface area contributed by atoms with Crippen LogP contribution in [0.5, 0.6) is 0 Å². The van der Waals surface area contributed by atoms with Crippen LogP contribution in [0.1, 0.15) is 43.4 Å². The van der Waals surface area contributed by atoms with E-state index >= 15 is 0 Å². The van der Waals surface area contributed by atoms with Crippen LogP contribution in [0.2, 0.25) is 0 Å². The van der Waals surface area contributed by atoms with Crippen molar-refractivity contribution in [3.05, 3.63) is 17.0 Å². The Bertz CT molecular complexity index is 560. The van der Waals surface area contributed by atoms with E-state index in [1.54, 1.807) is 12.1 Å². The summed E-state index contributed by atoms with van der Waals surface area (Å²) in [5, 5.41) is 0. The quantitative estimate of drug-likeness (QED) is 0.595. The van der Waals surface area contributed by atoms with Gasteiger partial charge in [0.05, 0.1) is 4.88 Å². The van der Waals surface area contributed by atoms with Crippen molar-refractivity contribution in [3.8, 4) is 0 Å². The number of hydrogen-bond acceptors (Lipinski definition) is 4. The van der Waals surface area contributed by atoms with Gasteiger partial charge in [0.2, 0.25) is 10.0 Å². The van der Waals surface area contributed by atoms with Crippen LogP contribution in [0, 0.1) is 5.92 Å². The highest BCUT2D eigenvalue weighted by Gasteiger charge is 2.18. The van der Waals surface area contributed by atoms with E-state index < -0.39 is 10.0 Å². The maximum atomic E-state index is 12.1. The SMILES string of the molecule is NC(=S)c1ccc(S(=O)(=O)NCCCC2CCCC2)s1. The number of nitrogens with two attached hydrogens (primary N) is 1. The minimum absolute atomic E-state index is 0.234. The lowest BCUT2D eigenvalue weighted by Crippen LogP contribution is -2.24. The Morgan fingerprint density at radius 3 is 2.70 bits per heavy atom. The number of nitrogens with one attached hydrogen (secondary N) is 1. The lowest BCUT2D eigenvalue weighted by Gasteiger charge is -2.09. The zero-order valence-electron chi connectivity index (χ0n) is 11.3. The average Bonchev–Trinajstić information content (AvgIpc) is 3.05. The van der Waals surface area contributed by atoms with Gasteiger partial charge in [0.15, 0.2) is 0 Å². The summed E-state index contributed by atoms with van der Waals surface area (Å²) in [6.07, 6.45) is 7.27. The molecule has 0 aromatic carbocycles. The zero-order chi connectivity index (χ0) is 14.6.